The maximum atomic E-state index is 11.0. The number of Topliss-reactive ketones (excluding diaryl/α,β-unsaturated/α-hetero) is 1. The number of allylic oxidation sites excluding steroid dienone is 10. The van der Waals surface area contributed by atoms with Crippen LogP contribution in [-0.2, 0) is 4.79 Å². The predicted octanol–water partition coefficient (Wildman–Crippen LogP) is 6.50. The molecule has 0 saturated carbocycles. The first-order chi connectivity index (χ1) is 10.7. The van der Waals surface area contributed by atoms with Crippen LogP contribution in [0.3, 0.4) is 0 Å². The third-order valence-corrected chi connectivity index (χ3v) is 4.49. The average Bonchev–Trinajstić information content (AvgIpc) is 2.44. The molecule has 126 valence electrons. The topological polar surface area (TPSA) is 17.1 Å². The molecule has 0 aliphatic heterocycles. The van der Waals surface area contributed by atoms with E-state index in [4.69, 9.17) is 0 Å². The van der Waals surface area contributed by atoms with Crippen molar-refractivity contribution >= 4 is 5.78 Å². The highest BCUT2D eigenvalue weighted by molar-refractivity contribution is 5.77. The lowest BCUT2D eigenvalue weighted by Gasteiger charge is -2.32. The Kier molecular flexibility index (Phi) is 7.48. The first kappa shape index (κ1) is 19.4. The molecule has 0 fully saturated rings. The van der Waals surface area contributed by atoms with E-state index in [0.29, 0.717) is 11.8 Å². The van der Waals surface area contributed by atoms with Crippen molar-refractivity contribution in [1.82, 2.24) is 0 Å². The summed E-state index contributed by atoms with van der Waals surface area (Å²) in [6, 6.07) is 0. The van der Waals surface area contributed by atoms with Crippen molar-refractivity contribution in [2.45, 2.75) is 67.2 Å². The van der Waals surface area contributed by atoms with Crippen molar-refractivity contribution in [3.8, 4) is 0 Å². The number of carbonyl (C=O) groups is 1. The molecule has 1 heteroatoms. The van der Waals surface area contributed by atoms with E-state index >= 15 is 0 Å². The summed E-state index contributed by atoms with van der Waals surface area (Å²) in [6.45, 7) is 12.7. The van der Waals surface area contributed by atoms with E-state index in [9.17, 15) is 4.79 Å². The van der Waals surface area contributed by atoms with Crippen LogP contribution >= 0.6 is 0 Å². The minimum absolute atomic E-state index is 0.200. The Labute approximate surface area is 142 Å². The summed E-state index contributed by atoms with van der Waals surface area (Å²) >= 11 is 0. The van der Waals surface area contributed by atoms with Crippen LogP contribution in [0.15, 0.2) is 58.7 Å². The van der Waals surface area contributed by atoms with Gasteiger partial charge in [-0.05, 0) is 57.9 Å². The molecule has 0 aromatic heterocycles. The molecule has 0 aromatic carbocycles. The molecular weight excluding hydrogens is 280 g/mol. The normalized spacial score (nSPS) is 19.9. The van der Waals surface area contributed by atoms with Crippen LogP contribution in [0.5, 0.6) is 0 Å². The zero-order valence-corrected chi connectivity index (χ0v) is 15.7. The SMILES string of the molecule is CC(=O)C/C=C(C)/C=C/C=C(C)/C=C/C1=C(C)CCCC1(C)C. The van der Waals surface area contributed by atoms with Crippen molar-refractivity contribution in [2.24, 2.45) is 5.41 Å². The highest BCUT2D eigenvalue weighted by Gasteiger charge is 2.26. The maximum Gasteiger partial charge on any atom is 0.133 e. The van der Waals surface area contributed by atoms with Gasteiger partial charge in [-0.15, -0.1) is 0 Å². The third-order valence-electron chi connectivity index (χ3n) is 4.49. The zero-order chi connectivity index (χ0) is 17.5. The van der Waals surface area contributed by atoms with E-state index in [0.717, 1.165) is 5.57 Å². The Bertz CT molecular complexity index is 577. The number of hydrogen-bond donors (Lipinski definition) is 0. The molecule has 0 atom stereocenters. The summed E-state index contributed by atoms with van der Waals surface area (Å²) in [6.07, 6.45) is 17.0. The summed E-state index contributed by atoms with van der Waals surface area (Å²) in [5.74, 6) is 0.200. The average molecular weight is 312 g/mol. The number of ketones is 1. The van der Waals surface area contributed by atoms with Gasteiger partial charge in [-0.3, -0.25) is 4.79 Å². The van der Waals surface area contributed by atoms with Crippen LogP contribution in [-0.4, -0.2) is 5.78 Å². The molecule has 1 aliphatic rings. The molecule has 1 rings (SSSR count). The van der Waals surface area contributed by atoms with Crippen LogP contribution in [0.2, 0.25) is 0 Å². The van der Waals surface area contributed by atoms with Gasteiger partial charge in [0.15, 0.2) is 0 Å². The Morgan fingerprint density at radius 3 is 2.43 bits per heavy atom. The summed E-state index contributed by atoms with van der Waals surface area (Å²) in [4.78, 5) is 11.0. The molecule has 0 radical (unpaired) electrons. The molecule has 0 N–H and O–H groups in total. The second-order valence-corrected chi connectivity index (χ2v) is 7.39. The number of rotatable bonds is 6. The predicted molar refractivity (Wildman–Crippen MR) is 101 cm³/mol. The van der Waals surface area contributed by atoms with Gasteiger partial charge in [-0.2, -0.15) is 0 Å². The van der Waals surface area contributed by atoms with Gasteiger partial charge in [0.2, 0.25) is 0 Å². The Morgan fingerprint density at radius 1 is 1.13 bits per heavy atom. The highest BCUT2D eigenvalue weighted by Crippen LogP contribution is 2.40. The van der Waals surface area contributed by atoms with Gasteiger partial charge < -0.3 is 0 Å². The summed E-state index contributed by atoms with van der Waals surface area (Å²) in [7, 11) is 0. The van der Waals surface area contributed by atoms with E-state index in [1.54, 1.807) is 6.92 Å². The lowest BCUT2D eigenvalue weighted by Crippen LogP contribution is -2.19. The van der Waals surface area contributed by atoms with Crippen LogP contribution in [0.1, 0.15) is 67.2 Å². The van der Waals surface area contributed by atoms with Gasteiger partial charge in [0.25, 0.3) is 0 Å². The van der Waals surface area contributed by atoms with Gasteiger partial charge >= 0.3 is 0 Å². The van der Waals surface area contributed by atoms with Crippen LogP contribution in [0.4, 0.5) is 0 Å². The molecule has 0 heterocycles. The van der Waals surface area contributed by atoms with Crippen molar-refractivity contribution in [3.05, 3.63) is 58.7 Å². The van der Waals surface area contributed by atoms with Gasteiger partial charge in [0, 0.05) is 6.42 Å². The standard InChI is InChI=1S/C22H32O/c1-17(12-14-20(4)23)9-7-10-18(2)13-15-21-19(3)11-8-16-22(21,5)6/h7,9-10,12-13,15H,8,11,14,16H2,1-6H3/b9-7+,15-13+,17-12+,18-10+. The lowest BCUT2D eigenvalue weighted by atomic mass is 9.72. The Hall–Kier alpha value is -1.63. The van der Waals surface area contributed by atoms with Crippen molar-refractivity contribution in [2.75, 3.05) is 0 Å². The quantitative estimate of drug-likeness (QED) is 0.512. The molecule has 0 saturated heterocycles. The Morgan fingerprint density at radius 2 is 1.83 bits per heavy atom. The van der Waals surface area contributed by atoms with Crippen molar-refractivity contribution in [1.29, 1.82) is 0 Å². The number of hydrogen-bond acceptors (Lipinski definition) is 1. The van der Waals surface area contributed by atoms with Crippen molar-refractivity contribution < 1.29 is 4.79 Å². The second kappa shape index (κ2) is 8.86. The van der Waals surface area contributed by atoms with E-state index in [2.05, 4.69) is 58.1 Å². The molecule has 0 aromatic rings. The van der Waals surface area contributed by atoms with Crippen LogP contribution in [0, 0.1) is 5.41 Å². The first-order valence-electron chi connectivity index (χ1n) is 8.62. The maximum absolute atomic E-state index is 11.0. The second-order valence-electron chi connectivity index (χ2n) is 7.39. The van der Waals surface area contributed by atoms with Gasteiger partial charge in [0.1, 0.15) is 5.78 Å². The van der Waals surface area contributed by atoms with Gasteiger partial charge in [-0.25, -0.2) is 0 Å². The van der Waals surface area contributed by atoms with Crippen molar-refractivity contribution in [3.63, 3.8) is 0 Å². The molecule has 1 aliphatic carbocycles. The highest BCUT2D eigenvalue weighted by atomic mass is 16.1. The monoisotopic (exact) mass is 312 g/mol. The lowest BCUT2D eigenvalue weighted by molar-refractivity contribution is -0.116. The summed E-state index contributed by atoms with van der Waals surface area (Å²) in [5.41, 5.74) is 5.69. The van der Waals surface area contributed by atoms with E-state index in [-0.39, 0.29) is 5.78 Å². The van der Waals surface area contributed by atoms with E-state index < -0.39 is 0 Å². The molecule has 1 nitrogen and oxygen atoms in total. The van der Waals surface area contributed by atoms with E-state index in [1.807, 2.05) is 13.0 Å². The fraction of sp³-hybridized carbons (Fsp3) is 0.500. The van der Waals surface area contributed by atoms with Gasteiger partial charge in [-0.1, -0.05) is 67.0 Å². The summed E-state index contributed by atoms with van der Waals surface area (Å²) < 4.78 is 0. The van der Waals surface area contributed by atoms with Crippen LogP contribution < -0.4 is 0 Å². The smallest absolute Gasteiger partial charge is 0.133 e. The zero-order valence-electron chi connectivity index (χ0n) is 15.7. The molecule has 0 unspecified atom stereocenters. The van der Waals surface area contributed by atoms with Gasteiger partial charge in [0.05, 0.1) is 0 Å². The number of carbonyl (C=O) groups excluding carboxylic acids is 1. The third kappa shape index (κ3) is 6.99. The molecule has 0 spiro atoms. The van der Waals surface area contributed by atoms with E-state index in [1.165, 1.54) is 36.0 Å². The molecular formula is C22H32O. The Balaban J connectivity index is 2.73. The summed E-state index contributed by atoms with van der Waals surface area (Å²) in [5, 5.41) is 0. The van der Waals surface area contributed by atoms with Crippen LogP contribution in [0.25, 0.3) is 0 Å². The fourth-order valence-electron chi connectivity index (χ4n) is 3.01. The largest absolute Gasteiger partial charge is 0.300 e. The molecule has 23 heavy (non-hydrogen) atoms. The molecule has 0 amide bonds. The molecule has 0 bridgehead atoms. The minimum Gasteiger partial charge on any atom is -0.300 e. The fourth-order valence-corrected chi connectivity index (χ4v) is 3.01. The first-order valence-corrected chi connectivity index (χ1v) is 8.62. The minimum atomic E-state index is 0.200.